The van der Waals surface area contributed by atoms with Crippen molar-refractivity contribution in [3.8, 4) is 0 Å². The zero-order valence-electron chi connectivity index (χ0n) is 8.14. The van der Waals surface area contributed by atoms with E-state index in [1.165, 1.54) is 0 Å². The maximum Gasteiger partial charge on any atom is 0.0932 e. The number of benzene rings is 1. The third kappa shape index (κ3) is 1.31. The third-order valence-electron chi connectivity index (χ3n) is 2.51. The van der Waals surface area contributed by atoms with Crippen molar-refractivity contribution in [3.05, 3.63) is 36.0 Å². The van der Waals surface area contributed by atoms with Crippen LogP contribution in [0.2, 0.25) is 0 Å². The number of aromatic nitrogens is 1. The smallest absolute Gasteiger partial charge is 0.0932 e. The standard InChI is InChI=1S/C11H14N2O/c1-13-6-5-8-3-2-4-9(11(8)13)10(14)7-12/h2-6,10,14H,7,12H2,1H3/t10-/m0/s1. The molecule has 0 unspecified atom stereocenters. The highest BCUT2D eigenvalue weighted by Crippen LogP contribution is 2.24. The molecule has 1 heterocycles. The van der Waals surface area contributed by atoms with Crippen LogP contribution in [0, 0.1) is 0 Å². The number of nitrogens with two attached hydrogens (primary N) is 1. The number of hydrogen-bond acceptors (Lipinski definition) is 2. The summed E-state index contributed by atoms with van der Waals surface area (Å²) in [4.78, 5) is 0. The summed E-state index contributed by atoms with van der Waals surface area (Å²) < 4.78 is 2.00. The Kier molecular flexibility index (Phi) is 2.27. The van der Waals surface area contributed by atoms with Crippen LogP contribution in [-0.2, 0) is 7.05 Å². The molecule has 3 nitrogen and oxygen atoms in total. The molecule has 0 saturated carbocycles. The Balaban J connectivity index is 2.69. The second kappa shape index (κ2) is 3.44. The van der Waals surface area contributed by atoms with Gasteiger partial charge in [-0.1, -0.05) is 18.2 Å². The lowest BCUT2D eigenvalue weighted by molar-refractivity contribution is 0.188. The number of aliphatic hydroxyl groups excluding tert-OH is 1. The van der Waals surface area contributed by atoms with Crippen LogP contribution < -0.4 is 5.73 Å². The fraction of sp³-hybridized carbons (Fsp3) is 0.273. The molecule has 0 saturated heterocycles. The van der Waals surface area contributed by atoms with E-state index in [4.69, 9.17) is 5.73 Å². The second-order valence-corrected chi connectivity index (χ2v) is 3.46. The number of aliphatic hydroxyl groups is 1. The first-order chi connectivity index (χ1) is 6.74. The van der Waals surface area contributed by atoms with Gasteiger partial charge in [-0.05, 0) is 11.5 Å². The van der Waals surface area contributed by atoms with Crippen LogP contribution >= 0.6 is 0 Å². The van der Waals surface area contributed by atoms with E-state index in [9.17, 15) is 5.11 Å². The van der Waals surface area contributed by atoms with Gasteiger partial charge in [0.1, 0.15) is 0 Å². The minimum Gasteiger partial charge on any atom is -0.387 e. The molecule has 1 atom stereocenters. The number of para-hydroxylation sites is 1. The van der Waals surface area contributed by atoms with Crippen LogP contribution in [0.4, 0.5) is 0 Å². The second-order valence-electron chi connectivity index (χ2n) is 3.46. The van der Waals surface area contributed by atoms with Gasteiger partial charge in [0, 0.05) is 25.4 Å². The molecule has 14 heavy (non-hydrogen) atoms. The maximum atomic E-state index is 9.73. The van der Waals surface area contributed by atoms with E-state index in [-0.39, 0.29) is 6.54 Å². The molecular weight excluding hydrogens is 176 g/mol. The van der Waals surface area contributed by atoms with Crippen molar-refractivity contribution >= 4 is 10.9 Å². The van der Waals surface area contributed by atoms with Gasteiger partial charge >= 0.3 is 0 Å². The molecule has 3 N–H and O–H groups in total. The van der Waals surface area contributed by atoms with E-state index in [1.807, 2.05) is 42.1 Å². The van der Waals surface area contributed by atoms with Crippen LogP contribution in [0.3, 0.4) is 0 Å². The molecule has 1 aromatic heterocycles. The van der Waals surface area contributed by atoms with E-state index < -0.39 is 6.10 Å². The van der Waals surface area contributed by atoms with Gasteiger partial charge in [-0.3, -0.25) is 0 Å². The Labute approximate surface area is 82.8 Å². The molecule has 0 amide bonds. The van der Waals surface area contributed by atoms with Crippen molar-refractivity contribution in [2.75, 3.05) is 6.54 Å². The minimum atomic E-state index is -0.577. The molecule has 0 aliphatic heterocycles. The van der Waals surface area contributed by atoms with Crippen molar-refractivity contribution in [1.82, 2.24) is 4.57 Å². The lowest BCUT2D eigenvalue weighted by Crippen LogP contribution is -2.12. The summed E-state index contributed by atoms with van der Waals surface area (Å²) >= 11 is 0. The van der Waals surface area contributed by atoms with E-state index >= 15 is 0 Å². The molecule has 0 spiro atoms. The Bertz CT molecular complexity index is 447. The van der Waals surface area contributed by atoms with Crippen LogP contribution in [0.25, 0.3) is 10.9 Å². The Hall–Kier alpha value is -1.32. The molecule has 0 bridgehead atoms. The Morgan fingerprint density at radius 3 is 2.93 bits per heavy atom. The zero-order chi connectivity index (χ0) is 10.1. The van der Waals surface area contributed by atoms with Crippen molar-refractivity contribution in [2.24, 2.45) is 12.8 Å². The number of fused-ring (bicyclic) bond motifs is 1. The van der Waals surface area contributed by atoms with E-state index in [1.54, 1.807) is 0 Å². The van der Waals surface area contributed by atoms with Crippen molar-refractivity contribution in [3.63, 3.8) is 0 Å². The summed E-state index contributed by atoms with van der Waals surface area (Å²) in [6.45, 7) is 0.254. The van der Waals surface area contributed by atoms with Gasteiger partial charge in [0.05, 0.1) is 11.6 Å². The van der Waals surface area contributed by atoms with Crippen molar-refractivity contribution in [2.45, 2.75) is 6.10 Å². The quantitative estimate of drug-likeness (QED) is 0.747. The summed E-state index contributed by atoms with van der Waals surface area (Å²) in [6.07, 6.45) is 1.41. The largest absolute Gasteiger partial charge is 0.387 e. The first-order valence-electron chi connectivity index (χ1n) is 4.66. The topological polar surface area (TPSA) is 51.2 Å². The molecule has 0 radical (unpaired) electrons. The van der Waals surface area contributed by atoms with E-state index in [0.717, 1.165) is 16.5 Å². The fourth-order valence-electron chi connectivity index (χ4n) is 1.78. The van der Waals surface area contributed by atoms with Crippen LogP contribution in [0.5, 0.6) is 0 Å². The first kappa shape index (κ1) is 9.24. The van der Waals surface area contributed by atoms with Gasteiger partial charge in [-0.15, -0.1) is 0 Å². The van der Waals surface area contributed by atoms with E-state index in [2.05, 4.69) is 0 Å². The highest BCUT2D eigenvalue weighted by atomic mass is 16.3. The van der Waals surface area contributed by atoms with E-state index in [0.29, 0.717) is 0 Å². The summed E-state index contributed by atoms with van der Waals surface area (Å²) in [5, 5.41) is 10.9. The first-order valence-corrected chi connectivity index (χ1v) is 4.66. The maximum absolute atomic E-state index is 9.73. The van der Waals surface area contributed by atoms with Crippen molar-refractivity contribution < 1.29 is 5.11 Å². The van der Waals surface area contributed by atoms with Crippen LogP contribution in [0.1, 0.15) is 11.7 Å². The van der Waals surface area contributed by atoms with Gasteiger partial charge in [-0.2, -0.15) is 0 Å². The summed E-state index contributed by atoms with van der Waals surface area (Å²) in [7, 11) is 1.97. The number of nitrogens with zero attached hydrogens (tertiary/aromatic N) is 1. The molecule has 0 aliphatic rings. The predicted octanol–water partition coefficient (Wildman–Crippen LogP) is 1.17. The molecule has 3 heteroatoms. The monoisotopic (exact) mass is 190 g/mol. The predicted molar refractivity (Wildman–Crippen MR) is 56.9 cm³/mol. The van der Waals surface area contributed by atoms with Gasteiger partial charge < -0.3 is 15.4 Å². The lowest BCUT2D eigenvalue weighted by atomic mass is 10.1. The average molecular weight is 190 g/mol. The lowest BCUT2D eigenvalue weighted by Gasteiger charge is -2.10. The average Bonchev–Trinajstić information content (AvgIpc) is 2.59. The van der Waals surface area contributed by atoms with Gasteiger partial charge in [0.25, 0.3) is 0 Å². The van der Waals surface area contributed by atoms with Gasteiger partial charge in [0.2, 0.25) is 0 Å². The highest BCUT2D eigenvalue weighted by Gasteiger charge is 2.10. The minimum absolute atomic E-state index is 0.254. The van der Waals surface area contributed by atoms with Crippen molar-refractivity contribution in [1.29, 1.82) is 0 Å². The Morgan fingerprint density at radius 1 is 1.43 bits per heavy atom. The van der Waals surface area contributed by atoms with Crippen LogP contribution in [-0.4, -0.2) is 16.2 Å². The normalized spacial score (nSPS) is 13.4. The molecule has 74 valence electrons. The molecule has 0 fully saturated rings. The molecule has 2 rings (SSSR count). The number of aryl methyl sites for hydroxylation is 1. The molecular formula is C11H14N2O. The number of hydrogen-bond donors (Lipinski definition) is 2. The van der Waals surface area contributed by atoms with Gasteiger partial charge in [0.15, 0.2) is 0 Å². The fourth-order valence-corrected chi connectivity index (χ4v) is 1.78. The Morgan fingerprint density at radius 2 is 2.21 bits per heavy atom. The van der Waals surface area contributed by atoms with Crippen LogP contribution in [0.15, 0.2) is 30.5 Å². The summed E-state index contributed by atoms with van der Waals surface area (Å²) in [5.74, 6) is 0. The molecule has 2 aromatic rings. The molecule has 0 aliphatic carbocycles. The number of rotatable bonds is 2. The summed E-state index contributed by atoms with van der Waals surface area (Å²) in [6, 6.07) is 7.92. The summed E-state index contributed by atoms with van der Waals surface area (Å²) in [5.41, 5.74) is 7.42. The SMILES string of the molecule is Cn1ccc2cccc([C@@H](O)CN)c21. The highest BCUT2D eigenvalue weighted by molar-refractivity contribution is 5.83. The zero-order valence-corrected chi connectivity index (χ0v) is 8.14. The third-order valence-corrected chi connectivity index (χ3v) is 2.51. The molecule has 1 aromatic carbocycles. The van der Waals surface area contributed by atoms with Gasteiger partial charge in [-0.25, -0.2) is 0 Å².